The number of nitrogens with zero attached hydrogens (tertiary/aromatic N) is 5. The van der Waals surface area contributed by atoms with Crippen LogP contribution in [-0.4, -0.2) is 57.2 Å². The lowest BCUT2D eigenvalue weighted by Crippen LogP contribution is -2.49. The molecule has 5 rings (SSSR count). The van der Waals surface area contributed by atoms with Crippen LogP contribution in [0.3, 0.4) is 0 Å². The second-order valence-electron chi connectivity index (χ2n) is 8.29. The van der Waals surface area contributed by atoms with Crippen LogP contribution in [0.25, 0.3) is 22.3 Å². The van der Waals surface area contributed by atoms with Crippen molar-refractivity contribution in [1.29, 1.82) is 0 Å². The lowest BCUT2D eigenvalue weighted by Gasteiger charge is -2.35. The number of rotatable bonds is 4. The first-order chi connectivity index (χ1) is 16.6. The van der Waals surface area contributed by atoms with Crippen LogP contribution < -0.4 is 4.90 Å². The molecule has 1 amide bonds. The van der Waals surface area contributed by atoms with Gasteiger partial charge in [-0.1, -0.05) is 18.2 Å². The fourth-order valence-corrected chi connectivity index (χ4v) is 4.06. The Kier molecular flexibility index (Phi) is 5.95. The van der Waals surface area contributed by atoms with E-state index in [0.29, 0.717) is 37.6 Å². The predicted octanol–water partition coefficient (Wildman–Crippen LogP) is 4.41. The van der Waals surface area contributed by atoms with Gasteiger partial charge in [-0.25, -0.2) is 14.8 Å². The van der Waals surface area contributed by atoms with Crippen molar-refractivity contribution < 1.29 is 16.1 Å². The first kappa shape index (κ1) is 21.6. The van der Waals surface area contributed by atoms with E-state index in [1.807, 2.05) is 49.4 Å². The molecule has 0 spiro atoms. The summed E-state index contributed by atoms with van der Waals surface area (Å²) in [7, 11) is 0. The molecule has 0 atom stereocenters. The summed E-state index contributed by atoms with van der Waals surface area (Å²) < 4.78 is 5.47. The lowest BCUT2D eigenvalue weighted by molar-refractivity contribution is 0.0941. The van der Waals surface area contributed by atoms with Crippen LogP contribution in [0.4, 0.5) is 10.6 Å². The highest BCUT2D eigenvalue weighted by Gasteiger charge is 2.25. The topological polar surface area (TPSA) is 91.7 Å². The van der Waals surface area contributed by atoms with Crippen molar-refractivity contribution in [1.82, 2.24) is 19.9 Å². The van der Waals surface area contributed by atoms with Gasteiger partial charge in [0, 0.05) is 45.4 Å². The van der Waals surface area contributed by atoms with Gasteiger partial charge in [-0.15, -0.1) is 0 Å². The fourth-order valence-electron chi connectivity index (χ4n) is 4.06. The number of benzene rings is 2. The number of carbonyl (C=O) groups excluding carboxylic acids is 1. The number of pyridine rings is 1. The normalized spacial score (nSPS) is 13.8. The van der Waals surface area contributed by atoms with Crippen molar-refractivity contribution in [3.63, 3.8) is 0 Å². The number of aromatic hydroxyl groups is 1. The number of fused-ring (bicyclic) bond motifs is 1. The molecule has 8 heteroatoms. The molecule has 1 aliphatic heterocycles. The van der Waals surface area contributed by atoms with E-state index in [1.54, 1.807) is 29.4 Å². The number of aromatic nitrogens is 3. The number of amides is 1. The second-order valence-corrected chi connectivity index (χ2v) is 8.29. The van der Waals surface area contributed by atoms with Gasteiger partial charge in [0.1, 0.15) is 18.2 Å². The molecule has 0 saturated carbocycles. The van der Waals surface area contributed by atoms with E-state index < -0.39 is 0 Å². The third-order valence-electron chi connectivity index (χ3n) is 5.93. The number of hydrogen-bond acceptors (Lipinski definition) is 7. The number of phenols is 1. The molecule has 8 nitrogen and oxygen atoms in total. The first-order valence-corrected chi connectivity index (χ1v) is 11.2. The van der Waals surface area contributed by atoms with E-state index in [1.165, 1.54) is 0 Å². The van der Waals surface area contributed by atoms with Gasteiger partial charge in [-0.3, -0.25) is 4.98 Å². The number of piperazine rings is 1. The van der Waals surface area contributed by atoms with Gasteiger partial charge in [-0.05, 0) is 54.4 Å². The molecule has 34 heavy (non-hydrogen) atoms. The fraction of sp³-hybridized carbons (Fsp3) is 0.231. The monoisotopic (exact) mass is 457 g/mol. The molecular weight excluding hydrogens is 430 g/mol. The maximum absolute atomic E-state index is 12.6. The number of ether oxygens (including phenoxy) is 1. The first-order valence-electron chi connectivity index (χ1n) is 11.2. The van der Waals surface area contributed by atoms with Crippen molar-refractivity contribution in [3.05, 3.63) is 78.1 Å². The summed E-state index contributed by atoms with van der Waals surface area (Å²) >= 11 is 0. The summed E-state index contributed by atoms with van der Waals surface area (Å²) in [6.45, 7) is 4.53. The third-order valence-corrected chi connectivity index (χ3v) is 5.93. The highest BCUT2D eigenvalue weighted by molar-refractivity contribution is 5.92. The molecule has 1 N–H and O–H groups in total. The molecule has 1 aliphatic rings. The van der Waals surface area contributed by atoms with E-state index in [2.05, 4.69) is 9.88 Å². The van der Waals surface area contributed by atoms with Crippen molar-refractivity contribution in [2.75, 3.05) is 31.1 Å². The van der Waals surface area contributed by atoms with Crippen LogP contribution in [0, 0.1) is 6.92 Å². The minimum atomic E-state index is -0.325. The average Bonchev–Trinajstić information content (AvgIpc) is 2.87. The minimum Gasteiger partial charge on any atom is -0.507 e. The predicted molar refractivity (Wildman–Crippen MR) is 132 cm³/mol. The zero-order chi connectivity index (χ0) is 23.5. The molecule has 4 aromatic rings. The van der Waals surface area contributed by atoms with Crippen LogP contribution in [0.15, 0.2) is 67.0 Å². The number of para-hydroxylation sites is 1. The number of hydrogen-bond donors (Lipinski definition) is 1. The van der Waals surface area contributed by atoms with E-state index in [0.717, 1.165) is 27.8 Å². The number of aryl methyl sites for hydroxylation is 1. The zero-order valence-electron chi connectivity index (χ0n) is 18.9. The highest BCUT2D eigenvalue weighted by Crippen LogP contribution is 2.32. The Morgan fingerprint density at radius 1 is 1.03 bits per heavy atom. The van der Waals surface area contributed by atoms with Gasteiger partial charge in [0.15, 0.2) is 5.82 Å². The Morgan fingerprint density at radius 2 is 1.79 bits per heavy atom. The summed E-state index contributed by atoms with van der Waals surface area (Å²) in [5.41, 5.74) is 3.41. The standard InChI is InChI=1S/C26H25N5O3.H2/c1-18-6-7-20-22(16-18)28-24(21-4-2-3-5-23(21)32)29-25(20)30-12-14-31(15-13-30)26(33)34-17-19-8-10-27-11-9-19;/h2-11,16,32H,12-15,17H2,1H3;1H. The van der Waals surface area contributed by atoms with E-state index in [-0.39, 0.29) is 19.9 Å². The minimum absolute atomic E-state index is 0. The van der Waals surface area contributed by atoms with Crippen molar-refractivity contribution >= 4 is 22.8 Å². The second kappa shape index (κ2) is 9.35. The highest BCUT2D eigenvalue weighted by atomic mass is 16.6. The van der Waals surface area contributed by atoms with Gasteiger partial charge in [0.2, 0.25) is 0 Å². The van der Waals surface area contributed by atoms with Gasteiger partial charge in [0.05, 0.1) is 11.1 Å². The number of anilines is 1. The van der Waals surface area contributed by atoms with E-state index >= 15 is 0 Å². The molecule has 174 valence electrons. The summed E-state index contributed by atoms with van der Waals surface area (Å²) in [6, 6.07) is 16.8. The molecule has 2 aromatic heterocycles. The maximum atomic E-state index is 12.6. The van der Waals surface area contributed by atoms with Crippen LogP contribution in [0.5, 0.6) is 5.75 Å². The summed E-state index contributed by atoms with van der Waals surface area (Å²) in [5, 5.41) is 11.3. The maximum Gasteiger partial charge on any atom is 0.410 e. The van der Waals surface area contributed by atoms with E-state index in [4.69, 9.17) is 14.7 Å². The Hall–Kier alpha value is -4.20. The zero-order valence-corrected chi connectivity index (χ0v) is 18.9. The molecule has 0 radical (unpaired) electrons. The van der Waals surface area contributed by atoms with Crippen LogP contribution in [0.2, 0.25) is 0 Å². The summed E-state index contributed by atoms with van der Waals surface area (Å²) in [6.07, 6.45) is 3.03. The molecule has 1 fully saturated rings. The van der Waals surface area contributed by atoms with Crippen molar-refractivity contribution in [2.24, 2.45) is 0 Å². The molecule has 0 bridgehead atoms. The molecule has 0 aliphatic carbocycles. The average molecular weight is 458 g/mol. The lowest BCUT2D eigenvalue weighted by atomic mass is 10.1. The molecule has 2 aromatic carbocycles. The summed E-state index contributed by atoms with van der Waals surface area (Å²) in [4.78, 5) is 30.0. The van der Waals surface area contributed by atoms with Gasteiger partial charge in [0.25, 0.3) is 0 Å². The van der Waals surface area contributed by atoms with Crippen LogP contribution >= 0.6 is 0 Å². The van der Waals surface area contributed by atoms with Crippen LogP contribution in [-0.2, 0) is 11.3 Å². The molecule has 0 unspecified atom stereocenters. The number of phenolic OH excluding ortho intramolecular Hbond substituents is 1. The Balaban J connectivity index is 0.00000289. The van der Waals surface area contributed by atoms with Crippen LogP contribution in [0.1, 0.15) is 12.6 Å². The van der Waals surface area contributed by atoms with Gasteiger partial charge in [-0.2, -0.15) is 0 Å². The van der Waals surface area contributed by atoms with Crippen molar-refractivity contribution in [3.8, 4) is 17.1 Å². The molecular formula is C26H27N5O3. The quantitative estimate of drug-likeness (QED) is 0.485. The molecule has 1 saturated heterocycles. The van der Waals surface area contributed by atoms with Gasteiger partial charge >= 0.3 is 6.09 Å². The smallest absolute Gasteiger partial charge is 0.410 e. The number of carbonyl (C=O) groups is 1. The SMILES string of the molecule is Cc1ccc2c(N3CCN(C(=O)OCc4ccncc4)CC3)nc(-c3ccccc3O)nc2c1.[HH]. The largest absolute Gasteiger partial charge is 0.507 e. The third kappa shape index (κ3) is 4.47. The van der Waals surface area contributed by atoms with E-state index in [9.17, 15) is 9.90 Å². The Bertz CT molecular complexity index is 1330. The summed E-state index contributed by atoms with van der Waals surface area (Å²) in [5.74, 6) is 1.42. The van der Waals surface area contributed by atoms with Crippen molar-refractivity contribution in [2.45, 2.75) is 13.5 Å². The van der Waals surface area contributed by atoms with Gasteiger partial charge < -0.3 is 19.6 Å². The molecule has 3 heterocycles. The Morgan fingerprint density at radius 3 is 2.56 bits per heavy atom. The Labute approximate surface area is 199 Å².